The molecule has 1 amide bonds. The Labute approximate surface area is 214 Å². The molecule has 0 spiro atoms. The molecular formula is C30H53NO4. The van der Waals surface area contributed by atoms with Crippen LogP contribution in [-0.4, -0.2) is 40.7 Å². The summed E-state index contributed by atoms with van der Waals surface area (Å²) < 4.78 is 5.52. The normalized spacial score (nSPS) is 46.2. The number of aliphatic hydroxyl groups excluding tert-OH is 2. The van der Waals surface area contributed by atoms with Crippen LogP contribution in [0.4, 0.5) is 4.79 Å². The number of hydrogen-bond donors (Lipinski definition) is 3. The van der Waals surface area contributed by atoms with Crippen LogP contribution in [0, 0.1) is 52.3 Å². The lowest BCUT2D eigenvalue weighted by Gasteiger charge is -2.64. The molecule has 3 N–H and O–H groups in total. The van der Waals surface area contributed by atoms with Gasteiger partial charge in [-0.1, -0.05) is 34.1 Å². The zero-order chi connectivity index (χ0) is 25.8. The van der Waals surface area contributed by atoms with Crippen LogP contribution in [0.2, 0.25) is 0 Å². The zero-order valence-electron chi connectivity index (χ0n) is 23.5. The van der Waals surface area contributed by atoms with Gasteiger partial charge in [0.1, 0.15) is 0 Å². The molecule has 4 aliphatic carbocycles. The maximum Gasteiger partial charge on any atom is 0.407 e. The molecule has 0 radical (unpaired) electrons. The average molecular weight is 492 g/mol. The summed E-state index contributed by atoms with van der Waals surface area (Å²) in [6, 6.07) is 0. The van der Waals surface area contributed by atoms with Crippen LogP contribution < -0.4 is 5.32 Å². The lowest BCUT2D eigenvalue weighted by molar-refractivity contribution is -0.203. The molecule has 4 fully saturated rings. The van der Waals surface area contributed by atoms with Gasteiger partial charge in [0.2, 0.25) is 0 Å². The van der Waals surface area contributed by atoms with Gasteiger partial charge in [-0.2, -0.15) is 0 Å². The molecule has 3 unspecified atom stereocenters. The van der Waals surface area contributed by atoms with Crippen molar-refractivity contribution in [1.82, 2.24) is 5.32 Å². The van der Waals surface area contributed by atoms with Crippen molar-refractivity contribution in [3.63, 3.8) is 0 Å². The Morgan fingerprint density at radius 1 is 1.03 bits per heavy atom. The fourth-order valence-electron chi connectivity index (χ4n) is 9.81. The minimum Gasteiger partial charge on any atom is -0.450 e. The van der Waals surface area contributed by atoms with Crippen molar-refractivity contribution >= 4 is 6.09 Å². The predicted octanol–water partition coefficient (Wildman–Crippen LogP) is 6.16. The van der Waals surface area contributed by atoms with Gasteiger partial charge in [-0.15, -0.1) is 0 Å². The molecule has 11 atom stereocenters. The van der Waals surface area contributed by atoms with Crippen LogP contribution in [0.25, 0.3) is 0 Å². The Balaban J connectivity index is 1.46. The molecule has 4 saturated carbocycles. The molecule has 0 aliphatic heterocycles. The van der Waals surface area contributed by atoms with Crippen molar-refractivity contribution in [2.75, 3.05) is 6.61 Å². The number of amides is 1. The fourth-order valence-corrected chi connectivity index (χ4v) is 9.81. The van der Waals surface area contributed by atoms with Crippen molar-refractivity contribution in [2.24, 2.45) is 52.3 Å². The van der Waals surface area contributed by atoms with E-state index in [1.807, 2.05) is 20.8 Å². The summed E-state index contributed by atoms with van der Waals surface area (Å²) in [5.41, 5.74) is 0.227. The van der Waals surface area contributed by atoms with E-state index in [1.165, 1.54) is 25.7 Å². The molecule has 202 valence electrons. The van der Waals surface area contributed by atoms with Gasteiger partial charge in [0.05, 0.1) is 18.8 Å². The standard InChI is InChI=1S/C30H53NO4/c1-8-20-24-17-19(32)11-14-30(24,7)23-12-15-29(6)21(9-10-22(29)25(23)26(20)33)18(2)13-16-35-27(34)31-28(3,4)5/h18-26,32-33H,8-17H2,1-7H3,(H,31,34)/t18-,19-,20-,21-,22+,23+,24?,25?,26-,29?,30-/m1/s1. The number of ether oxygens (including phenoxy) is 1. The quantitative estimate of drug-likeness (QED) is 0.430. The van der Waals surface area contributed by atoms with Crippen molar-refractivity contribution < 1.29 is 19.7 Å². The minimum atomic E-state index is -0.322. The first-order chi connectivity index (χ1) is 16.3. The third-order valence-electron chi connectivity index (χ3n) is 11.4. The van der Waals surface area contributed by atoms with E-state index in [1.54, 1.807) is 0 Å². The largest absolute Gasteiger partial charge is 0.450 e. The molecule has 4 rings (SSSR count). The van der Waals surface area contributed by atoms with Gasteiger partial charge < -0.3 is 20.3 Å². The Morgan fingerprint density at radius 2 is 1.69 bits per heavy atom. The van der Waals surface area contributed by atoms with Crippen LogP contribution in [0.15, 0.2) is 0 Å². The molecule has 0 saturated heterocycles. The van der Waals surface area contributed by atoms with Gasteiger partial charge in [0, 0.05) is 5.54 Å². The molecular weight excluding hydrogens is 438 g/mol. The van der Waals surface area contributed by atoms with Crippen molar-refractivity contribution in [3.8, 4) is 0 Å². The first-order valence-electron chi connectivity index (χ1n) is 14.6. The number of hydrogen-bond acceptors (Lipinski definition) is 4. The molecule has 35 heavy (non-hydrogen) atoms. The van der Waals surface area contributed by atoms with Crippen molar-refractivity contribution in [3.05, 3.63) is 0 Å². The Kier molecular flexibility index (Phi) is 7.64. The number of nitrogens with one attached hydrogen (secondary N) is 1. The second kappa shape index (κ2) is 9.82. The third kappa shape index (κ3) is 4.90. The average Bonchev–Trinajstić information content (AvgIpc) is 3.11. The van der Waals surface area contributed by atoms with Gasteiger partial charge in [0.25, 0.3) is 0 Å². The summed E-state index contributed by atoms with van der Waals surface area (Å²) in [5.74, 6) is 3.42. The minimum absolute atomic E-state index is 0.191. The molecule has 0 bridgehead atoms. The SMILES string of the molecule is CC[C@@H]1C2C[C@H](O)CC[C@]2(C)[C@H]2CCC3(C)[C@@H]([C@H](C)CCOC(=O)NC(C)(C)C)CC[C@H]3C2[C@@H]1O. The number of rotatable bonds is 5. The van der Waals surface area contributed by atoms with Gasteiger partial charge in [0.15, 0.2) is 0 Å². The van der Waals surface area contributed by atoms with E-state index in [2.05, 4.69) is 33.0 Å². The lowest BCUT2D eigenvalue weighted by atomic mass is 9.41. The highest BCUT2D eigenvalue weighted by atomic mass is 16.5. The third-order valence-corrected chi connectivity index (χ3v) is 11.4. The molecule has 5 heteroatoms. The lowest BCUT2D eigenvalue weighted by Crippen LogP contribution is -2.62. The van der Waals surface area contributed by atoms with Crippen molar-refractivity contribution in [1.29, 1.82) is 0 Å². The summed E-state index contributed by atoms with van der Waals surface area (Å²) in [7, 11) is 0. The number of fused-ring (bicyclic) bond motifs is 5. The maximum atomic E-state index is 12.1. The maximum absolute atomic E-state index is 12.1. The Bertz CT molecular complexity index is 764. The van der Waals surface area contributed by atoms with Gasteiger partial charge in [-0.25, -0.2) is 4.79 Å². The second-order valence-corrected chi connectivity index (χ2v) is 14.4. The summed E-state index contributed by atoms with van der Waals surface area (Å²) in [4.78, 5) is 12.1. The second-order valence-electron chi connectivity index (χ2n) is 14.4. The number of carbonyl (C=O) groups is 1. The highest BCUT2D eigenvalue weighted by Gasteiger charge is 2.64. The summed E-state index contributed by atoms with van der Waals surface area (Å²) >= 11 is 0. The van der Waals surface area contributed by atoms with Crippen LogP contribution in [-0.2, 0) is 4.74 Å². The van der Waals surface area contributed by atoms with E-state index < -0.39 is 0 Å². The topological polar surface area (TPSA) is 78.8 Å². The van der Waals surface area contributed by atoms with Crippen molar-refractivity contribution in [2.45, 2.75) is 124 Å². The molecule has 0 aromatic rings. The van der Waals surface area contributed by atoms with E-state index in [9.17, 15) is 15.0 Å². The van der Waals surface area contributed by atoms with E-state index in [4.69, 9.17) is 4.74 Å². The first kappa shape index (κ1) is 27.2. The molecule has 4 aliphatic rings. The van der Waals surface area contributed by atoms with Gasteiger partial charge >= 0.3 is 6.09 Å². The fraction of sp³-hybridized carbons (Fsp3) is 0.967. The summed E-state index contributed by atoms with van der Waals surface area (Å²) in [5, 5.41) is 25.2. The van der Waals surface area contributed by atoms with Crippen LogP contribution in [0.5, 0.6) is 0 Å². The predicted molar refractivity (Wildman–Crippen MR) is 140 cm³/mol. The van der Waals surface area contributed by atoms with E-state index in [0.29, 0.717) is 48.0 Å². The summed E-state index contributed by atoms with van der Waals surface area (Å²) in [6.07, 6.45) is 8.96. The Morgan fingerprint density at radius 3 is 2.34 bits per heavy atom. The monoisotopic (exact) mass is 491 g/mol. The van der Waals surface area contributed by atoms with Crippen LogP contribution >= 0.6 is 0 Å². The highest BCUT2D eigenvalue weighted by Crippen LogP contribution is 2.69. The van der Waals surface area contributed by atoms with Gasteiger partial charge in [-0.3, -0.25) is 0 Å². The van der Waals surface area contributed by atoms with E-state index >= 15 is 0 Å². The smallest absolute Gasteiger partial charge is 0.407 e. The number of alkyl carbamates (subject to hydrolysis) is 1. The number of aliphatic hydroxyl groups is 2. The molecule has 0 aromatic heterocycles. The van der Waals surface area contributed by atoms with E-state index in [0.717, 1.165) is 32.1 Å². The summed E-state index contributed by atoms with van der Waals surface area (Å²) in [6.45, 7) is 16.0. The van der Waals surface area contributed by atoms with Crippen LogP contribution in [0.3, 0.4) is 0 Å². The Hall–Kier alpha value is -0.810. The zero-order valence-corrected chi connectivity index (χ0v) is 23.5. The van der Waals surface area contributed by atoms with Gasteiger partial charge in [-0.05, 0) is 124 Å². The molecule has 0 aromatic carbocycles. The van der Waals surface area contributed by atoms with Crippen LogP contribution in [0.1, 0.15) is 106 Å². The first-order valence-corrected chi connectivity index (χ1v) is 14.6. The molecule has 0 heterocycles. The highest BCUT2D eigenvalue weighted by molar-refractivity contribution is 5.68. The number of carbonyl (C=O) groups excluding carboxylic acids is 1. The van der Waals surface area contributed by atoms with E-state index in [-0.39, 0.29) is 34.7 Å². The molecule has 5 nitrogen and oxygen atoms in total.